The molecule has 0 saturated heterocycles. The van der Waals surface area contributed by atoms with Crippen LogP contribution in [0.1, 0.15) is 26.7 Å². The molecule has 0 atom stereocenters. The molecule has 15 heavy (non-hydrogen) atoms. The minimum absolute atomic E-state index is 0.220. The van der Waals surface area contributed by atoms with Crippen LogP contribution in [0.4, 0.5) is 0 Å². The number of allylic oxidation sites excluding steroid dienone is 4. The van der Waals surface area contributed by atoms with E-state index >= 15 is 0 Å². The maximum Gasteiger partial charge on any atom is 0.00190 e. The van der Waals surface area contributed by atoms with Crippen molar-refractivity contribution < 1.29 is 0 Å². The molecule has 0 unspecified atom stereocenters. The van der Waals surface area contributed by atoms with Crippen LogP contribution in [0, 0.1) is 5.41 Å². The van der Waals surface area contributed by atoms with E-state index in [1.807, 2.05) is 0 Å². The minimum atomic E-state index is 0.220. The van der Waals surface area contributed by atoms with Crippen LogP contribution in [0.25, 0.3) is 0 Å². The average Bonchev–Trinajstić information content (AvgIpc) is 2.42. The third kappa shape index (κ3) is 2.60. The molecule has 0 aromatic heterocycles. The second kappa shape index (κ2) is 3.97. The van der Waals surface area contributed by atoms with Crippen LogP contribution < -0.4 is 0 Å². The Kier molecular flexibility index (Phi) is 2.83. The van der Waals surface area contributed by atoms with E-state index in [1.165, 1.54) is 25.9 Å². The van der Waals surface area contributed by atoms with Gasteiger partial charge in [0.1, 0.15) is 0 Å². The Hall–Kier alpha value is -0.820. The van der Waals surface area contributed by atoms with Crippen molar-refractivity contribution in [3.8, 4) is 0 Å². The Morgan fingerprint density at radius 3 is 1.93 bits per heavy atom. The van der Waals surface area contributed by atoms with Gasteiger partial charge in [-0.3, -0.25) is 0 Å². The van der Waals surface area contributed by atoms with Crippen molar-refractivity contribution >= 4 is 0 Å². The quantitative estimate of drug-likeness (QED) is 0.584. The first kappa shape index (κ1) is 10.7. The van der Waals surface area contributed by atoms with Crippen molar-refractivity contribution in [1.82, 2.24) is 4.90 Å². The zero-order valence-electron chi connectivity index (χ0n) is 10.1. The highest BCUT2D eigenvalue weighted by atomic mass is 15.1. The minimum Gasteiger partial charge on any atom is -0.306 e. The Morgan fingerprint density at radius 1 is 1.00 bits per heavy atom. The van der Waals surface area contributed by atoms with Crippen LogP contribution in [0.15, 0.2) is 35.5 Å². The van der Waals surface area contributed by atoms with Gasteiger partial charge in [0.2, 0.25) is 0 Å². The van der Waals surface area contributed by atoms with Gasteiger partial charge in [-0.15, -0.1) is 0 Å². The van der Waals surface area contributed by atoms with Gasteiger partial charge >= 0.3 is 0 Å². The van der Waals surface area contributed by atoms with Crippen molar-refractivity contribution in [2.24, 2.45) is 5.41 Å². The SMILES string of the molecule is CN1CCC2=C(C=CC(C)(C)C=C2)CC1. The molecule has 2 rings (SSSR count). The Morgan fingerprint density at radius 2 is 1.47 bits per heavy atom. The smallest absolute Gasteiger partial charge is 0.00190 e. The molecule has 0 N–H and O–H groups in total. The van der Waals surface area contributed by atoms with Crippen LogP contribution in [0.5, 0.6) is 0 Å². The average molecular weight is 203 g/mol. The maximum absolute atomic E-state index is 2.42. The van der Waals surface area contributed by atoms with E-state index in [0.717, 1.165) is 0 Å². The first-order valence-electron chi connectivity index (χ1n) is 5.86. The lowest BCUT2D eigenvalue weighted by atomic mass is 9.93. The lowest BCUT2D eigenvalue weighted by Gasteiger charge is -2.14. The summed E-state index contributed by atoms with van der Waals surface area (Å²) in [5, 5.41) is 0. The summed E-state index contributed by atoms with van der Waals surface area (Å²) in [7, 11) is 2.21. The van der Waals surface area contributed by atoms with E-state index in [2.05, 4.69) is 50.1 Å². The summed E-state index contributed by atoms with van der Waals surface area (Å²) in [5.41, 5.74) is 3.31. The summed E-state index contributed by atoms with van der Waals surface area (Å²) < 4.78 is 0. The molecule has 0 radical (unpaired) electrons. The van der Waals surface area contributed by atoms with Gasteiger partial charge in [0, 0.05) is 18.5 Å². The van der Waals surface area contributed by atoms with Crippen molar-refractivity contribution in [3.63, 3.8) is 0 Å². The van der Waals surface area contributed by atoms with Crippen molar-refractivity contribution in [1.29, 1.82) is 0 Å². The highest BCUT2D eigenvalue weighted by molar-refractivity contribution is 5.39. The molecule has 0 fully saturated rings. The first-order valence-corrected chi connectivity index (χ1v) is 5.86. The second-order valence-electron chi connectivity index (χ2n) is 5.34. The summed E-state index contributed by atoms with van der Waals surface area (Å²) in [5.74, 6) is 0. The van der Waals surface area contributed by atoms with Gasteiger partial charge in [-0.1, -0.05) is 38.2 Å². The van der Waals surface area contributed by atoms with Crippen molar-refractivity contribution in [3.05, 3.63) is 35.5 Å². The third-order valence-corrected chi connectivity index (χ3v) is 3.37. The van der Waals surface area contributed by atoms with Gasteiger partial charge in [-0.05, 0) is 31.0 Å². The molecule has 1 heteroatoms. The van der Waals surface area contributed by atoms with E-state index in [9.17, 15) is 0 Å². The normalized spacial score (nSPS) is 26.1. The summed E-state index contributed by atoms with van der Waals surface area (Å²) >= 11 is 0. The van der Waals surface area contributed by atoms with Gasteiger partial charge in [-0.25, -0.2) is 0 Å². The van der Waals surface area contributed by atoms with Crippen LogP contribution >= 0.6 is 0 Å². The summed E-state index contributed by atoms with van der Waals surface area (Å²) in [6.07, 6.45) is 11.7. The summed E-state index contributed by atoms with van der Waals surface area (Å²) in [6, 6.07) is 0. The van der Waals surface area contributed by atoms with E-state index in [4.69, 9.17) is 0 Å². The number of rotatable bonds is 0. The van der Waals surface area contributed by atoms with Crippen molar-refractivity contribution in [2.45, 2.75) is 26.7 Å². The van der Waals surface area contributed by atoms with Gasteiger partial charge in [0.05, 0.1) is 0 Å². The highest BCUT2D eigenvalue weighted by Crippen LogP contribution is 2.29. The fourth-order valence-electron chi connectivity index (χ4n) is 2.12. The standard InChI is InChI=1S/C14H21N/c1-14(2)8-4-12-6-10-15(3)11-7-13(12)5-9-14/h4-5,8-9H,6-7,10-11H2,1-3H3. The monoisotopic (exact) mass is 203 g/mol. The van der Waals surface area contributed by atoms with E-state index in [1.54, 1.807) is 11.1 Å². The fourth-order valence-corrected chi connectivity index (χ4v) is 2.12. The van der Waals surface area contributed by atoms with Crippen LogP contribution in [-0.2, 0) is 0 Å². The van der Waals surface area contributed by atoms with Crippen molar-refractivity contribution in [2.75, 3.05) is 20.1 Å². The third-order valence-electron chi connectivity index (χ3n) is 3.37. The molecule has 0 bridgehead atoms. The maximum atomic E-state index is 2.42. The second-order valence-corrected chi connectivity index (χ2v) is 5.34. The Bertz CT molecular complexity index is 301. The van der Waals surface area contributed by atoms with Gasteiger partial charge in [0.15, 0.2) is 0 Å². The molecule has 1 aliphatic carbocycles. The predicted molar refractivity (Wildman–Crippen MR) is 65.8 cm³/mol. The van der Waals surface area contributed by atoms with Crippen LogP contribution in [0.3, 0.4) is 0 Å². The Labute approximate surface area is 93.2 Å². The van der Waals surface area contributed by atoms with Gasteiger partial charge in [-0.2, -0.15) is 0 Å². The zero-order valence-corrected chi connectivity index (χ0v) is 10.1. The van der Waals surface area contributed by atoms with E-state index in [-0.39, 0.29) is 5.41 Å². The van der Waals surface area contributed by atoms with E-state index < -0.39 is 0 Å². The van der Waals surface area contributed by atoms with E-state index in [0.29, 0.717) is 0 Å². The lowest BCUT2D eigenvalue weighted by molar-refractivity contribution is 0.352. The van der Waals surface area contributed by atoms with Gasteiger partial charge in [0.25, 0.3) is 0 Å². The molecule has 0 aromatic rings. The highest BCUT2D eigenvalue weighted by Gasteiger charge is 2.16. The molecular formula is C14H21N. The summed E-state index contributed by atoms with van der Waals surface area (Å²) in [6.45, 7) is 6.91. The molecule has 1 heterocycles. The molecule has 1 aliphatic heterocycles. The van der Waals surface area contributed by atoms with Crippen LogP contribution in [0.2, 0.25) is 0 Å². The summed E-state index contributed by atoms with van der Waals surface area (Å²) in [4.78, 5) is 2.42. The van der Waals surface area contributed by atoms with Crippen LogP contribution in [-0.4, -0.2) is 25.0 Å². The number of nitrogens with zero attached hydrogens (tertiary/aromatic N) is 1. The van der Waals surface area contributed by atoms with Gasteiger partial charge < -0.3 is 4.90 Å². The number of hydrogen-bond acceptors (Lipinski definition) is 1. The molecule has 0 saturated carbocycles. The lowest BCUT2D eigenvalue weighted by Crippen LogP contribution is -2.19. The molecule has 0 amide bonds. The fraction of sp³-hybridized carbons (Fsp3) is 0.571. The first-order chi connectivity index (χ1) is 7.07. The number of hydrogen-bond donors (Lipinski definition) is 0. The predicted octanol–water partition coefficient (Wildman–Crippen LogP) is 3.16. The Balaban J connectivity index is 2.24. The molecule has 0 aromatic carbocycles. The topological polar surface area (TPSA) is 3.24 Å². The zero-order chi connectivity index (χ0) is 10.9. The largest absolute Gasteiger partial charge is 0.306 e. The molecule has 2 aliphatic rings. The molecule has 1 nitrogen and oxygen atoms in total. The molecular weight excluding hydrogens is 182 g/mol. The molecule has 0 spiro atoms. The molecule has 82 valence electrons.